The van der Waals surface area contributed by atoms with E-state index in [0.717, 1.165) is 0 Å². The van der Waals surface area contributed by atoms with E-state index in [1.54, 1.807) is 0 Å². The predicted molar refractivity (Wildman–Crippen MR) is 56.4 cm³/mol. The van der Waals surface area contributed by atoms with Gasteiger partial charge >= 0.3 is 0 Å². The van der Waals surface area contributed by atoms with E-state index in [0.29, 0.717) is 24.4 Å². The third-order valence-corrected chi connectivity index (χ3v) is 3.34. The van der Waals surface area contributed by atoms with Crippen molar-refractivity contribution < 1.29 is 0 Å². The molecule has 13 heavy (non-hydrogen) atoms. The van der Waals surface area contributed by atoms with Crippen LogP contribution in [0.1, 0.15) is 19.8 Å². The number of likely N-dealkylation sites (tertiary alicyclic amines) is 1. The predicted octanol–water partition coefficient (Wildman–Crippen LogP) is 0.250. The van der Waals surface area contributed by atoms with Crippen LogP contribution in [-0.2, 0) is 0 Å². The number of hydrogen-bond acceptors (Lipinski definition) is 3. The van der Waals surface area contributed by atoms with E-state index in [4.69, 9.17) is 11.5 Å². The van der Waals surface area contributed by atoms with E-state index in [-0.39, 0.29) is 0 Å². The minimum absolute atomic E-state index is 0.304. The standard InChI is InChI=1S/C10H23N3/c1-8(7-11)10(12)9-3-5-13(2)6-4-9/h8-10H,3-7,11-12H2,1-2H3. The van der Waals surface area contributed by atoms with Gasteiger partial charge in [-0.15, -0.1) is 0 Å². The van der Waals surface area contributed by atoms with Gasteiger partial charge in [0.2, 0.25) is 0 Å². The second kappa shape index (κ2) is 4.94. The lowest BCUT2D eigenvalue weighted by molar-refractivity contribution is 0.179. The van der Waals surface area contributed by atoms with Gasteiger partial charge in [0.25, 0.3) is 0 Å². The molecule has 0 aliphatic carbocycles. The molecular formula is C10H23N3. The first kappa shape index (κ1) is 11.0. The molecule has 2 unspecified atom stereocenters. The second-order valence-corrected chi connectivity index (χ2v) is 4.43. The van der Waals surface area contributed by atoms with Crippen molar-refractivity contribution in [3.8, 4) is 0 Å². The molecule has 3 heteroatoms. The molecule has 4 N–H and O–H groups in total. The van der Waals surface area contributed by atoms with E-state index in [1.165, 1.54) is 25.9 Å². The Kier molecular flexibility index (Phi) is 4.16. The van der Waals surface area contributed by atoms with Gasteiger partial charge in [-0.05, 0) is 51.4 Å². The Hall–Kier alpha value is -0.120. The average Bonchev–Trinajstić information content (AvgIpc) is 2.17. The molecule has 0 aromatic carbocycles. The Labute approximate surface area is 81.5 Å². The molecule has 0 saturated carbocycles. The zero-order chi connectivity index (χ0) is 9.84. The molecule has 78 valence electrons. The van der Waals surface area contributed by atoms with Crippen molar-refractivity contribution in [3.05, 3.63) is 0 Å². The lowest BCUT2D eigenvalue weighted by atomic mass is 9.83. The van der Waals surface area contributed by atoms with Gasteiger partial charge in [0.15, 0.2) is 0 Å². The van der Waals surface area contributed by atoms with Crippen LogP contribution >= 0.6 is 0 Å². The van der Waals surface area contributed by atoms with E-state index in [2.05, 4.69) is 18.9 Å². The van der Waals surface area contributed by atoms with Crippen molar-refractivity contribution in [3.63, 3.8) is 0 Å². The van der Waals surface area contributed by atoms with Crippen molar-refractivity contribution >= 4 is 0 Å². The topological polar surface area (TPSA) is 55.3 Å². The minimum atomic E-state index is 0.304. The van der Waals surface area contributed by atoms with Crippen LogP contribution in [0.25, 0.3) is 0 Å². The Balaban J connectivity index is 2.35. The first-order chi connectivity index (χ1) is 6.15. The highest BCUT2D eigenvalue weighted by atomic mass is 15.1. The quantitative estimate of drug-likeness (QED) is 0.663. The van der Waals surface area contributed by atoms with Crippen molar-refractivity contribution in [2.24, 2.45) is 23.3 Å². The molecule has 1 fully saturated rings. The molecule has 1 heterocycles. The van der Waals surface area contributed by atoms with Crippen LogP contribution in [-0.4, -0.2) is 37.6 Å². The number of rotatable bonds is 3. The Morgan fingerprint density at radius 2 is 1.92 bits per heavy atom. The van der Waals surface area contributed by atoms with Gasteiger partial charge in [-0.2, -0.15) is 0 Å². The van der Waals surface area contributed by atoms with Crippen molar-refractivity contribution in [1.82, 2.24) is 4.90 Å². The fraction of sp³-hybridized carbons (Fsp3) is 1.00. The fourth-order valence-corrected chi connectivity index (χ4v) is 2.04. The summed E-state index contributed by atoms with van der Waals surface area (Å²) in [4.78, 5) is 2.37. The zero-order valence-corrected chi connectivity index (χ0v) is 8.87. The normalized spacial score (nSPS) is 25.8. The molecule has 0 amide bonds. The summed E-state index contributed by atoms with van der Waals surface area (Å²) < 4.78 is 0. The highest BCUT2D eigenvalue weighted by molar-refractivity contribution is 4.82. The van der Waals surface area contributed by atoms with Crippen LogP contribution in [0, 0.1) is 11.8 Å². The monoisotopic (exact) mass is 185 g/mol. The van der Waals surface area contributed by atoms with Crippen LogP contribution in [0.5, 0.6) is 0 Å². The maximum atomic E-state index is 6.15. The van der Waals surface area contributed by atoms with E-state index >= 15 is 0 Å². The van der Waals surface area contributed by atoms with Crippen LogP contribution < -0.4 is 11.5 Å². The summed E-state index contributed by atoms with van der Waals surface area (Å²) in [7, 11) is 2.17. The molecule has 2 atom stereocenters. The SMILES string of the molecule is CC(CN)C(N)C1CCN(C)CC1. The lowest BCUT2D eigenvalue weighted by Gasteiger charge is -2.34. The second-order valence-electron chi connectivity index (χ2n) is 4.43. The van der Waals surface area contributed by atoms with E-state index in [1.807, 2.05) is 0 Å². The molecule has 0 aromatic rings. The summed E-state index contributed by atoms with van der Waals surface area (Å²) in [5.41, 5.74) is 11.8. The summed E-state index contributed by atoms with van der Waals surface area (Å²) in [5.74, 6) is 1.16. The summed E-state index contributed by atoms with van der Waals surface area (Å²) >= 11 is 0. The number of nitrogens with zero attached hydrogens (tertiary/aromatic N) is 1. The molecule has 0 aromatic heterocycles. The molecule has 1 rings (SSSR count). The molecular weight excluding hydrogens is 162 g/mol. The van der Waals surface area contributed by atoms with Crippen LogP contribution in [0.15, 0.2) is 0 Å². The van der Waals surface area contributed by atoms with Gasteiger partial charge in [-0.25, -0.2) is 0 Å². The van der Waals surface area contributed by atoms with Gasteiger partial charge in [0.05, 0.1) is 0 Å². The van der Waals surface area contributed by atoms with Gasteiger partial charge in [-0.1, -0.05) is 6.92 Å². The van der Waals surface area contributed by atoms with E-state index < -0.39 is 0 Å². The third kappa shape index (κ3) is 2.93. The molecule has 0 bridgehead atoms. The first-order valence-corrected chi connectivity index (χ1v) is 5.29. The van der Waals surface area contributed by atoms with Crippen molar-refractivity contribution in [2.75, 3.05) is 26.7 Å². The molecule has 1 aliphatic heterocycles. The largest absolute Gasteiger partial charge is 0.330 e. The molecule has 1 aliphatic rings. The maximum absolute atomic E-state index is 6.15. The Morgan fingerprint density at radius 1 is 1.38 bits per heavy atom. The highest BCUT2D eigenvalue weighted by Crippen LogP contribution is 2.22. The molecule has 3 nitrogen and oxygen atoms in total. The number of piperidine rings is 1. The fourth-order valence-electron chi connectivity index (χ4n) is 2.04. The first-order valence-electron chi connectivity index (χ1n) is 5.29. The molecule has 0 spiro atoms. The van der Waals surface area contributed by atoms with Crippen LogP contribution in [0.2, 0.25) is 0 Å². The number of nitrogens with two attached hydrogens (primary N) is 2. The lowest BCUT2D eigenvalue weighted by Crippen LogP contribution is -2.44. The van der Waals surface area contributed by atoms with Gasteiger partial charge in [0, 0.05) is 6.04 Å². The Bertz CT molecular complexity index is 141. The van der Waals surface area contributed by atoms with Crippen LogP contribution in [0.4, 0.5) is 0 Å². The third-order valence-electron chi connectivity index (χ3n) is 3.34. The maximum Gasteiger partial charge on any atom is 0.0106 e. The smallest absolute Gasteiger partial charge is 0.0106 e. The van der Waals surface area contributed by atoms with Gasteiger partial charge < -0.3 is 16.4 Å². The zero-order valence-electron chi connectivity index (χ0n) is 8.87. The summed E-state index contributed by atoms with van der Waals surface area (Å²) in [6.07, 6.45) is 2.48. The number of hydrogen-bond donors (Lipinski definition) is 2. The van der Waals surface area contributed by atoms with Gasteiger partial charge in [0.1, 0.15) is 0 Å². The van der Waals surface area contributed by atoms with Gasteiger partial charge in [-0.3, -0.25) is 0 Å². The highest BCUT2D eigenvalue weighted by Gasteiger charge is 2.25. The summed E-state index contributed by atoms with van der Waals surface area (Å²) in [6, 6.07) is 0.304. The average molecular weight is 185 g/mol. The summed E-state index contributed by atoms with van der Waals surface area (Å²) in [5, 5.41) is 0. The van der Waals surface area contributed by atoms with Crippen molar-refractivity contribution in [1.29, 1.82) is 0 Å². The molecule has 1 saturated heterocycles. The Morgan fingerprint density at radius 3 is 2.38 bits per heavy atom. The van der Waals surface area contributed by atoms with Crippen molar-refractivity contribution in [2.45, 2.75) is 25.8 Å². The van der Waals surface area contributed by atoms with E-state index in [9.17, 15) is 0 Å². The molecule has 0 radical (unpaired) electrons. The summed E-state index contributed by atoms with van der Waals surface area (Å²) in [6.45, 7) is 5.25. The van der Waals surface area contributed by atoms with Crippen LogP contribution in [0.3, 0.4) is 0 Å². The minimum Gasteiger partial charge on any atom is -0.330 e.